The standard InChI is InChI=1S/C22H29N3O2S/c1-17(18-6-8-19(27-3)9-7-18)15-22(26)23-16-20(21-5-4-14-28-21)25-12-10-24(2)11-13-25/h4-9,14-15,20H,10-13,16H2,1-3H3,(H,23,26)/b17-15+. The summed E-state index contributed by atoms with van der Waals surface area (Å²) in [5.41, 5.74) is 1.96. The van der Waals surface area contributed by atoms with Crippen LogP contribution in [0, 0.1) is 0 Å². The third kappa shape index (κ3) is 5.44. The third-order valence-corrected chi connectivity index (χ3v) is 6.19. The van der Waals surface area contributed by atoms with E-state index in [1.807, 2.05) is 31.2 Å². The maximum atomic E-state index is 12.5. The van der Waals surface area contributed by atoms with Gasteiger partial charge in [0.25, 0.3) is 0 Å². The number of methoxy groups -OCH3 is 1. The van der Waals surface area contributed by atoms with E-state index in [0.717, 1.165) is 43.1 Å². The first-order valence-corrected chi connectivity index (χ1v) is 10.5. The molecule has 3 rings (SSSR count). The summed E-state index contributed by atoms with van der Waals surface area (Å²) in [5, 5.41) is 5.22. The summed E-state index contributed by atoms with van der Waals surface area (Å²) in [4.78, 5) is 18.7. The lowest BCUT2D eigenvalue weighted by atomic mass is 10.1. The number of nitrogens with zero attached hydrogens (tertiary/aromatic N) is 2. The Kier molecular flexibility index (Phi) is 7.25. The van der Waals surface area contributed by atoms with Crippen molar-refractivity contribution in [3.05, 3.63) is 58.3 Å². The van der Waals surface area contributed by atoms with Gasteiger partial charge in [0.1, 0.15) is 5.75 Å². The van der Waals surface area contributed by atoms with Crippen molar-refractivity contribution < 1.29 is 9.53 Å². The fraction of sp³-hybridized carbons (Fsp3) is 0.409. The Labute approximate surface area is 171 Å². The van der Waals surface area contributed by atoms with Gasteiger partial charge in [-0.25, -0.2) is 0 Å². The second kappa shape index (κ2) is 9.87. The Hall–Kier alpha value is -2.15. The smallest absolute Gasteiger partial charge is 0.244 e. The predicted molar refractivity (Wildman–Crippen MR) is 116 cm³/mol. The number of ether oxygens (including phenoxy) is 1. The van der Waals surface area contributed by atoms with Gasteiger partial charge in [0.05, 0.1) is 13.2 Å². The lowest BCUT2D eigenvalue weighted by Gasteiger charge is -2.37. The highest BCUT2D eigenvalue weighted by Gasteiger charge is 2.24. The van der Waals surface area contributed by atoms with Crippen molar-refractivity contribution in [1.29, 1.82) is 0 Å². The Morgan fingerprint density at radius 1 is 1.21 bits per heavy atom. The van der Waals surface area contributed by atoms with Crippen LogP contribution < -0.4 is 10.1 Å². The van der Waals surface area contributed by atoms with Crippen molar-refractivity contribution in [1.82, 2.24) is 15.1 Å². The third-order valence-electron chi connectivity index (χ3n) is 5.21. The number of hydrogen-bond donors (Lipinski definition) is 1. The van der Waals surface area contributed by atoms with Gasteiger partial charge in [0.15, 0.2) is 0 Å². The zero-order valence-corrected chi connectivity index (χ0v) is 17.7. The number of piperazine rings is 1. The van der Waals surface area contributed by atoms with Crippen LogP contribution in [0.3, 0.4) is 0 Å². The van der Waals surface area contributed by atoms with E-state index >= 15 is 0 Å². The van der Waals surface area contributed by atoms with Gasteiger partial charge in [0, 0.05) is 43.7 Å². The predicted octanol–water partition coefficient (Wildman–Crippen LogP) is 3.26. The highest BCUT2D eigenvalue weighted by molar-refractivity contribution is 7.10. The molecule has 0 radical (unpaired) electrons. The molecule has 2 aromatic rings. The number of benzene rings is 1. The van der Waals surface area contributed by atoms with E-state index in [1.165, 1.54) is 4.88 Å². The Morgan fingerprint density at radius 2 is 1.93 bits per heavy atom. The molecular weight excluding hydrogens is 370 g/mol. The topological polar surface area (TPSA) is 44.8 Å². The molecular formula is C22H29N3O2S. The van der Waals surface area contributed by atoms with E-state index in [9.17, 15) is 4.79 Å². The molecule has 0 saturated carbocycles. The minimum atomic E-state index is -0.0519. The number of likely N-dealkylation sites (N-methyl/N-ethyl adjacent to an activating group) is 1. The summed E-state index contributed by atoms with van der Waals surface area (Å²) in [6.07, 6.45) is 1.68. The maximum absolute atomic E-state index is 12.5. The van der Waals surface area contributed by atoms with Crippen molar-refractivity contribution in [2.24, 2.45) is 0 Å². The zero-order chi connectivity index (χ0) is 19.9. The molecule has 150 valence electrons. The van der Waals surface area contributed by atoms with Gasteiger partial charge in [-0.2, -0.15) is 0 Å². The van der Waals surface area contributed by atoms with Crippen LogP contribution in [0.1, 0.15) is 23.4 Å². The molecule has 0 spiro atoms. The fourth-order valence-corrected chi connectivity index (χ4v) is 4.27. The normalized spacial score (nSPS) is 17.3. The van der Waals surface area contributed by atoms with Gasteiger partial charge < -0.3 is 15.0 Å². The summed E-state index contributed by atoms with van der Waals surface area (Å²) in [6.45, 7) is 6.75. The van der Waals surface area contributed by atoms with Crippen molar-refractivity contribution >= 4 is 22.8 Å². The van der Waals surface area contributed by atoms with E-state index in [2.05, 4.69) is 39.7 Å². The molecule has 1 fully saturated rings. The van der Waals surface area contributed by atoms with Crippen LogP contribution in [-0.2, 0) is 4.79 Å². The molecule has 1 aromatic heterocycles. The molecule has 28 heavy (non-hydrogen) atoms. The van der Waals surface area contributed by atoms with Crippen molar-refractivity contribution in [3.63, 3.8) is 0 Å². The number of rotatable bonds is 7. The van der Waals surface area contributed by atoms with Crippen molar-refractivity contribution in [3.8, 4) is 5.75 Å². The number of amides is 1. The Bertz CT molecular complexity index is 779. The highest BCUT2D eigenvalue weighted by Crippen LogP contribution is 2.25. The summed E-state index contributed by atoms with van der Waals surface area (Å²) >= 11 is 1.76. The lowest BCUT2D eigenvalue weighted by molar-refractivity contribution is -0.116. The van der Waals surface area contributed by atoms with Crippen LogP contribution in [0.15, 0.2) is 47.9 Å². The second-order valence-corrected chi connectivity index (χ2v) is 8.15. The summed E-state index contributed by atoms with van der Waals surface area (Å²) < 4.78 is 5.19. The molecule has 0 aliphatic carbocycles. The maximum Gasteiger partial charge on any atom is 0.244 e. The van der Waals surface area contributed by atoms with E-state index in [0.29, 0.717) is 6.54 Å². The van der Waals surface area contributed by atoms with Crippen LogP contribution >= 0.6 is 11.3 Å². The van der Waals surface area contributed by atoms with Crippen LogP contribution in [0.4, 0.5) is 0 Å². The SMILES string of the molecule is COc1ccc(/C(C)=C/C(=O)NCC(c2cccs2)N2CCN(C)CC2)cc1. The lowest BCUT2D eigenvalue weighted by Crippen LogP contribution is -2.48. The molecule has 6 heteroatoms. The number of allylic oxidation sites excluding steroid dienone is 1. The Morgan fingerprint density at radius 3 is 2.54 bits per heavy atom. The van der Waals surface area contributed by atoms with Gasteiger partial charge in [0.2, 0.25) is 5.91 Å². The van der Waals surface area contributed by atoms with E-state index in [-0.39, 0.29) is 11.9 Å². The average Bonchev–Trinajstić information content (AvgIpc) is 3.24. The molecule has 1 atom stereocenters. The van der Waals surface area contributed by atoms with E-state index in [4.69, 9.17) is 4.74 Å². The molecule has 0 bridgehead atoms. The number of hydrogen-bond acceptors (Lipinski definition) is 5. The number of carbonyl (C=O) groups excluding carboxylic acids is 1. The summed E-state index contributed by atoms with van der Waals surface area (Å²) in [5.74, 6) is 0.760. The average molecular weight is 400 g/mol. The second-order valence-electron chi connectivity index (χ2n) is 7.17. The summed E-state index contributed by atoms with van der Waals surface area (Å²) in [7, 11) is 3.81. The zero-order valence-electron chi connectivity index (χ0n) is 16.9. The molecule has 1 amide bonds. The highest BCUT2D eigenvalue weighted by atomic mass is 32.1. The number of thiophene rings is 1. The molecule has 1 unspecified atom stereocenters. The minimum Gasteiger partial charge on any atom is -0.497 e. The molecule has 1 aliphatic heterocycles. The quantitative estimate of drug-likeness (QED) is 0.726. The van der Waals surface area contributed by atoms with Crippen LogP contribution in [0.2, 0.25) is 0 Å². The molecule has 2 heterocycles. The first kappa shape index (κ1) is 20.6. The van der Waals surface area contributed by atoms with Gasteiger partial charge >= 0.3 is 0 Å². The van der Waals surface area contributed by atoms with Gasteiger partial charge in [-0.3, -0.25) is 9.69 Å². The van der Waals surface area contributed by atoms with Gasteiger partial charge in [-0.15, -0.1) is 11.3 Å². The van der Waals surface area contributed by atoms with Crippen LogP contribution in [0.25, 0.3) is 5.57 Å². The minimum absolute atomic E-state index is 0.0519. The number of carbonyl (C=O) groups is 1. The van der Waals surface area contributed by atoms with Crippen molar-refractivity contribution in [2.75, 3.05) is 46.9 Å². The number of nitrogens with one attached hydrogen (secondary N) is 1. The largest absolute Gasteiger partial charge is 0.497 e. The van der Waals surface area contributed by atoms with Gasteiger partial charge in [-0.05, 0) is 48.7 Å². The first-order chi connectivity index (χ1) is 13.6. The fourth-order valence-electron chi connectivity index (χ4n) is 3.41. The molecule has 1 N–H and O–H groups in total. The monoisotopic (exact) mass is 399 g/mol. The molecule has 5 nitrogen and oxygen atoms in total. The Balaban J connectivity index is 1.62. The molecule has 1 aromatic carbocycles. The van der Waals surface area contributed by atoms with E-state index in [1.54, 1.807) is 24.5 Å². The van der Waals surface area contributed by atoms with E-state index < -0.39 is 0 Å². The molecule has 1 saturated heterocycles. The van der Waals surface area contributed by atoms with Crippen LogP contribution in [0.5, 0.6) is 5.75 Å². The summed E-state index contributed by atoms with van der Waals surface area (Å²) in [6, 6.07) is 12.2. The molecule has 1 aliphatic rings. The first-order valence-electron chi connectivity index (χ1n) is 9.63. The van der Waals surface area contributed by atoms with Gasteiger partial charge in [-0.1, -0.05) is 18.2 Å². The van der Waals surface area contributed by atoms with Crippen LogP contribution in [-0.4, -0.2) is 62.6 Å². The van der Waals surface area contributed by atoms with Crippen molar-refractivity contribution in [2.45, 2.75) is 13.0 Å².